The number of hydrogen-bond donors (Lipinski definition) is 2. The molecular weight excluding hydrogens is 344 g/mol. The van der Waals surface area contributed by atoms with Crippen LogP contribution in [0.4, 0.5) is 5.69 Å². The van der Waals surface area contributed by atoms with Crippen LogP contribution in [0.1, 0.15) is 10.4 Å². The number of nitrogens with one attached hydrogen (secondary N) is 1. The molecule has 0 fully saturated rings. The molecule has 104 valence electrons. The van der Waals surface area contributed by atoms with E-state index in [-0.39, 0.29) is 10.8 Å². The van der Waals surface area contributed by atoms with Gasteiger partial charge < -0.3 is 5.32 Å². The number of primary sulfonamides is 1. The Bertz CT molecular complexity index is 742. The molecule has 3 N–H and O–H groups in total. The summed E-state index contributed by atoms with van der Waals surface area (Å²) in [5, 5.41) is 7.70. The Balaban J connectivity index is 2.18. The molecule has 0 aliphatic heterocycles. The Labute approximate surface area is 125 Å². The standard InChI is InChI=1S/C13H11BrN2O3S/c14-10-2-1-3-11(8-10)16-13(17)9-4-6-12(7-5-9)20(15,18)19/h1-8H,(H,16,17)(H2,15,18,19). The lowest BCUT2D eigenvalue weighted by molar-refractivity contribution is 0.102. The largest absolute Gasteiger partial charge is 0.322 e. The van der Waals surface area contributed by atoms with Crippen molar-refractivity contribution in [3.8, 4) is 0 Å². The van der Waals surface area contributed by atoms with E-state index in [9.17, 15) is 13.2 Å². The first-order valence-electron chi connectivity index (χ1n) is 5.56. The average molecular weight is 355 g/mol. The van der Waals surface area contributed by atoms with Crippen LogP contribution in [0.5, 0.6) is 0 Å². The van der Waals surface area contributed by atoms with Crippen molar-refractivity contribution in [3.63, 3.8) is 0 Å². The number of sulfonamides is 1. The summed E-state index contributed by atoms with van der Waals surface area (Å²) in [6, 6.07) is 12.6. The van der Waals surface area contributed by atoms with Gasteiger partial charge in [-0.3, -0.25) is 4.79 Å². The van der Waals surface area contributed by atoms with Gasteiger partial charge in [0, 0.05) is 15.7 Å². The molecular formula is C13H11BrN2O3S. The molecule has 2 aromatic carbocycles. The summed E-state index contributed by atoms with van der Waals surface area (Å²) < 4.78 is 23.1. The van der Waals surface area contributed by atoms with Crippen LogP contribution < -0.4 is 10.5 Å². The second kappa shape index (κ2) is 5.74. The maximum atomic E-state index is 12.0. The van der Waals surface area contributed by atoms with Gasteiger partial charge in [-0.15, -0.1) is 0 Å². The molecule has 1 amide bonds. The molecule has 20 heavy (non-hydrogen) atoms. The number of benzene rings is 2. The SMILES string of the molecule is NS(=O)(=O)c1ccc(C(=O)Nc2cccc(Br)c2)cc1. The molecule has 0 saturated heterocycles. The quantitative estimate of drug-likeness (QED) is 0.886. The zero-order chi connectivity index (χ0) is 14.8. The molecule has 0 atom stereocenters. The van der Waals surface area contributed by atoms with Gasteiger partial charge in [0.05, 0.1) is 4.90 Å². The minimum absolute atomic E-state index is 0.0310. The lowest BCUT2D eigenvalue weighted by Gasteiger charge is -2.06. The number of amides is 1. The summed E-state index contributed by atoms with van der Waals surface area (Å²) in [6.07, 6.45) is 0. The lowest BCUT2D eigenvalue weighted by Crippen LogP contribution is -2.14. The second-order valence-corrected chi connectivity index (χ2v) is 6.51. The van der Waals surface area contributed by atoms with Crippen LogP contribution in [-0.4, -0.2) is 14.3 Å². The number of nitrogens with two attached hydrogens (primary N) is 1. The van der Waals surface area contributed by atoms with Gasteiger partial charge in [0.15, 0.2) is 0 Å². The number of carbonyl (C=O) groups excluding carboxylic acids is 1. The Kier molecular flexibility index (Phi) is 4.22. The maximum absolute atomic E-state index is 12.0. The van der Waals surface area contributed by atoms with Crippen LogP contribution >= 0.6 is 15.9 Å². The Morgan fingerprint density at radius 2 is 1.75 bits per heavy atom. The molecule has 0 heterocycles. The highest BCUT2D eigenvalue weighted by atomic mass is 79.9. The van der Waals surface area contributed by atoms with E-state index < -0.39 is 10.0 Å². The van der Waals surface area contributed by atoms with E-state index in [1.165, 1.54) is 24.3 Å². The van der Waals surface area contributed by atoms with E-state index in [2.05, 4.69) is 21.2 Å². The predicted molar refractivity (Wildman–Crippen MR) is 79.9 cm³/mol. The predicted octanol–water partition coefficient (Wildman–Crippen LogP) is 2.35. The fraction of sp³-hybridized carbons (Fsp3) is 0. The summed E-state index contributed by atoms with van der Waals surface area (Å²) in [6.45, 7) is 0. The van der Waals surface area contributed by atoms with Crippen molar-refractivity contribution in [2.75, 3.05) is 5.32 Å². The highest BCUT2D eigenvalue weighted by Crippen LogP contribution is 2.17. The van der Waals surface area contributed by atoms with Crippen LogP contribution in [0.25, 0.3) is 0 Å². The van der Waals surface area contributed by atoms with E-state index >= 15 is 0 Å². The Morgan fingerprint density at radius 1 is 1.10 bits per heavy atom. The van der Waals surface area contributed by atoms with E-state index in [1.54, 1.807) is 18.2 Å². The number of anilines is 1. The smallest absolute Gasteiger partial charge is 0.255 e. The lowest BCUT2D eigenvalue weighted by atomic mass is 10.2. The van der Waals surface area contributed by atoms with Crippen LogP contribution in [0, 0.1) is 0 Å². The third kappa shape index (κ3) is 3.66. The topological polar surface area (TPSA) is 89.3 Å². The van der Waals surface area contributed by atoms with Crippen molar-refractivity contribution in [1.82, 2.24) is 0 Å². The van der Waals surface area contributed by atoms with E-state index in [1.807, 2.05) is 6.07 Å². The zero-order valence-electron chi connectivity index (χ0n) is 10.2. The Morgan fingerprint density at radius 3 is 2.30 bits per heavy atom. The molecule has 2 aromatic rings. The maximum Gasteiger partial charge on any atom is 0.255 e. The van der Waals surface area contributed by atoms with Crippen molar-refractivity contribution in [1.29, 1.82) is 0 Å². The highest BCUT2D eigenvalue weighted by Gasteiger charge is 2.10. The first-order chi connectivity index (χ1) is 9.36. The van der Waals surface area contributed by atoms with Crippen LogP contribution in [-0.2, 0) is 10.0 Å². The first kappa shape index (κ1) is 14.7. The van der Waals surface area contributed by atoms with Gasteiger partial charge >= 0.3 is 0 Å². The molecule has 0 unspecified atom stereocenters. The van der Waals surface area contributed by atoms with Gasteiger partial charge in [-0.2, -0.15) is 0 Å². The summed E-state index contributed by atoms with van der Waals surface area (Å²) in [5.41, 5.74) is 0.984. The molecule has 7 heteroatoms. The number of carbonyl (C=O) groups is 1. The average Bonchev–Trinajstić information content (AvgIpc) is 2.38. The van der Waals surface area contributed by atoms with Gasteiger partial charge in [0.25, 0.3) is 5.91 Å². The molecule has 5 nitrogen and oxygen atoms in total. The third-order valence-electron chi connectivity index (χ3n) is 2.53. The summed E-state index contributed by atoms with van der Waals surface area (Å²) in [5.74, 6) is -0.330. The highest BCUT2D eigenvalue weighted by molar-refractivity contribution is 9.10. The van der Waals surface area contributed by atoms with Crippen molar-refractivity contribution < 1.29 is 13.2 Å². The number of hydrogen-bond acceptors (Lipinski definition) is 3. The summed E-state index contributed by atoms with van der Waals surface area (Å²) in [7, 11) is -3.75. The molecule has 0 aromatic heterocycles. The molecule has 0 spiro atoms. The third-order valence-corrected chi connectivity index (χ3v) is 3.95. The normalized spacial score (nSPS) is 11.1. The van der Waals surface area contributed by atoms with Crippen molar-refractivity contribution in [2.24, 2.45) is 5.14 Å². The minimum Gasteiger partial charge on any atom is -0.322 e. The van der Waals surface area contributed by atoms with Gasteiger partial charge in [0.2, 0.25) is 10.0 Å². The molecule has 0 saturated carbocycles. The van der Waals surface area contributed by atoms with Crippen LogP contribution in [0.2, 0.25) is 0 Å². The monoisotopic (exact) mass is 354 g/mol. The number of halogens is 1. The molecule has 2 rings (SSSR count). The van der Waals surface area contributed by atoms with E-state index in [4.69, 9.17) is 5.14 Å². The van der Waals surface area contributed by atoms with E-state index in [0.29, 0.717) is 11.3 Å². The second-order valence-electron chi connectivity index (χ2n) is 4.03. The minimum atomic E-state index is -3.75. The Hall–Kier alpha value is -1.70. The van der Waals surface area contributed by atoms with Gasteiger partial charge in [-0.1, -0.05) is 22.0 Å². The fourth-order valence-corrected chi connectivity index (χ4v) is 2.48. The molecule has 0 aliphatic rings. The van der Waals surface area contributed by atoms with Crippen molar-refractivity contribution in [3.05, 3.63) is 58.6 Å². The molecule has 0 bridgehead atoms. The van der Waals surface area contributed by atoms with Gasteiger partial charge in [-0.25, -0.2) is 13.6 Å². The van der Waals surface area contributed by atoms with Crippen molar-refractivity contribution >= 4 is 37.5 Å². The van der Waals surface area contributed by atoms with Gasteiger partial charge in [0.1, 0.15) is 0 Å². The van der Waals surface area contributed by atoms with E-state index in [0.717, 1.165) is 4.47 Å². The van der Waals surface area contributed by atoms with Gasteiger partial charge in [-0.05, 0) is 42.5 Å². The summed E-state index contributed by atoms with van der Waals surface area (Å²) >= 11 is 3.31. The number of rotatable bonds is 3. The van der Waals surface area contributed by atoms with Crippen LogP contribution in [0.3, 0.4) is 0 Å². The fourth-order valence-electron chi connectivity index (χ4n) is 1.57. The van der Waals surface area contributed by atoms with Crippen LogP contribution in [0.15, 0.2) is 57.9 Å². The zero-order valence-corrected chi connectivity index (χ0v) is 12.6. The molecule has 0 radical (unpaired) electrons. The first-order valence-corrected chi connectivity index (χ1v) is 7.90. The van der Waals surface area contributed by atoms with Crippen molar-refractivity contribution in [2.45, 2.75) is 4.90 Å². The summed E-state index contributed by atoms with van der Waals surface area (Å²) in [4.78, 5) is 11.9. The molecule has 0 aliphatic carbocycles.